The summed E-state index contributed by atoms with van der Waals surface area (Å²) in [4.78, 5) is 16.2. The Bertz CT molecular complexity index is 1350. The summed E-state index contributed by atoms with van der Waals surface area (Å²) < 4.78 is 10.2. The third kappa shape index (κ3) is 4.36. The largest absolute Gasteiger partial charge is 0.492 e. The van der Waals surface area contributed by atoms with Gasteiger partial charge in [0.05, 0.1) is 23.4 Å². The molecule has 2 amide bonds. The summed E-state index contributed by atoms with van der Waals surface area (Å²) in [5, 5.41) is 11.1. The molecule has 2 aliphatic carbocycles. The van der Waals surface area contributed by atoms with Crippen molar-refractivity contribution in [1.82, 2.24) is 24.6 Å². The molecule has 2 heterocycles. The van der Waals surface area contributed by atoms with Gasteiger partial charge in [0.1, 0.15) is 25.0 Å². The number of nitrogens with one attached hydrogen (secondary N) is 2. The number of benzene rings is 2. The summed E-state index contributed by atoms with van der Waals surface area (Å²) in [6.45, 7) is 1.14. The molecule has 2 aliphatic rings. The Balaban J connectivity index is 1.26. The molecule has 2 fully saturated rings. The topological polar surface area (TPSA) is 112 Å². The Morgan fingerprint density at radius 3 is 2.56 bits per heavy atom. The first-order chi connectivity index (χ1) is 17.7. The summed E-state index contributed by atoms with van der Waals surface area (Å²) in [6, 6.07) is 14.6. The molecule has 186 valence electrons. The van der Waals surface area contributed by atoms with Gasteiger partial charge in [0, 0.05) is 34.8 Å². The van der Waals surface area contributed by atoms with Crippen molar-refractivity contribution in [2.75, 3.05) is 17.7 Å². The molecule has 2 saturated carbocycles. The molecule has 0 unspecified atom stereocenters. The molecular weight excluding hydrogens is 454 g/mol. The van der Waals surface area contributed by atoms with E-state index in [-0.39, 0.29) is 6.03 Å². The summed E-state index contributed by atoms with van der Waals surface area (Å²) >= 11 is 0. The number of nitrogens with two attached hydrogens (primary N) is 1. The number of nitrogens with zero attached hydrogens (tertiary/aromatic N) is 4. The number of anilines is 2. The Hall–Kier alpha value is -4.01. The summed E-state index contributed by atoms with van der Waals surface area (Å²) in [5.74, 6) is 0.810. The minimum atomic E-state index is -0.146. The van der Waals surface area contributed by atoms with Crippen LogP contribution in [0, 0.1) is 0 Å². The number of urea groups is 1. The van der Waals surface area contributed by atoms with Crippen molar-refractivity contribution in [2.45, 2.75) is 57.2 Å². The molecule has 4 N–H and O–H groups in total. The van der Waals surface area contributed by atoms with Crippen molar-refractivity contribution in [1.29, 1.82) is 0 Å². The maximum atomic E-state index is 12.2. The van der Waals surface area contributed by atoms with Gasteiger partial charge in [0.25, 0.3) is 0 Å². The summed E-state index contributed by atoms with van der Waals surface area (Å²) in [6.07, 6.45) is 10.0. The van der Waals surface area contributed by atoms with Gasteiger partial charge in [0.15, 0.2) is 0 Å². The summed E-state index contributed by atoms with van der Waals surface area (Å²) in [7, 11) is 0. The molecule has 0 radical (unpaired) electrons. The van der Waals surface area contributed by atoms with Gasteiger partial charge in [-0.05, 0) is 62.8 Å². The van der Waals surface area contributed by atoms with E-state index in [0.717, 1.165) is 65.0 Å². The number of rotatable bonds is 8. The highest BCUT2D eigenvalue weighted by Crippen LogP contribution is 2.44. The van der Waals surface area contributed by atoms with Crippen LogP contribution in [0.25, 0.3) is 22.2 Å². The lowest BCUT2D eigenvalue weighted by atomic mass is 9.92. The van der Waals surface area contributed by atoms with E-state index in [1.165, 1.54) is 19.2 Å². The zero-order valence-corrected chi connectivity index (χ0v) is 20.2. The number of nitrogen functional groups attached to an aromatic ring is 1. The molecule has 6 rings (SSSR count). The SMILES string of the molecule is Nc1c(-c2ccc(NC(=O)NC3CCC3)cc2)n(C2CCC2)c2cc(OCCn3cncn3)ccc12. The Morgan fingerprint density at radius 2 is 1.89 bits per heavy atom. The van der Waals surface area contributed by atoms with Gasteiger partial charge in [-0.25, -0.2) is 14.5 Å². The number of amides is 2. The molecular formula is C27H31N7O2. The number of carbonyl (C=O) groups excluding carboxylic acids is 1. The van der Waals surface area contributed by atoms with Crippen LogP contribution in [0.2, 0.25) is 0 Å². The minimum absolute atomic E-state index is 0.146. The second-order valence-electron chi connectivity index (χ2n) is 9.71. The molecule has 0 saturated heterocycles. The van der Waals surface area contributed by atoms with E-state index < -0.39 is 0 Å². The van der Waals surface area contributed by atoms with Crippen molar-refractivity contribution < 1.29 is 9.53 Å². The average Bonchev–Trinajstić information content (AvgIpc) is 3.43. The quantitative estimate of drug-likeness (QED) is 0.327. The van der Waals surface area contributed by atoms with E-state index in [9.17, 15) is 4.79 Å². The zero-order chi connectivity index (χ0) is 24.5. The van der Waals surface area contributed by atoms with Gasteiger partial charge in [-0.1, -0.05) is 12.1 Å². The third-order valence-electron chi connectivity index (χ3n) is 7.37. The van der Waals surface area contributed by atoms with E-state index >= 15 is 0 Å². The molecule has 0 spiro atoms. The smallest absolute Gasteiger partial charge is 0.319 e. The van der Waals surface area contributed by atoms with Crippen molar-refractivity contribution >= 4 is 28.3 Å². The van der Waals surface area contributed by atoms with Crippen LogP contribution in [0.5, 0.6) is 5.75 Å². The second-order valence-corrected chi connectivity index (χ2v) is 9.71. The van der Waals surface area contributed by atoms with E-state index in [1.807, 2.05) is 30.3 Å². The van der Waals surface area contributed by atoms with Crippen LogP contribution in [-0.4, -0.2) is 38.0 Å². The average molecular weight is 486 g/mol. The predicted octanol–water partition coefficient (Wildman–Crippen LogP) is 4.96. The lowest BCUT2D eigenvalue weighted by Crippen LogP contribution is -2.41. The molecule has 0 aliphatic heterocycles. The standard InChI is InChI=1S/C27H31N7O2/c28-25-23-12-11-22(36-14-13-33-17-29-16-30-33)15-24(23)34(21-5-2-6-21)26(25)18-7-9-20(10-8-18)32-27(35)31-19-3-1-4-19/h7-12,15-17,19,21H,1-6,13-14,28H2,(H2,31,32,35). The van der Waals surface area contributed by atoms with Crippen molar-refractivity contribution in [3.05, 3.63) is 55.1 Å². The molecule has 9 heteroatoms. The molecule has 0 bridgehead atoms. The fourth-order valence-electron chi connectivity index (χ4n) is 4.95. The molecule has 2 aromatic heterocycles. The molecule has 2 aromatic carbocycles. The maximum absolute atomic E-state index is 12.2. The number of hydrogen-bond donors (Lipinski definition) is 3. The summed E-state index contributed by atoms with van der Waals surface area (Å²) in [5.41, 5.74) is 11.4. The van der Waals surface area contributed by atoms with E-state index in [2.05, 4.69) is 37.4 Å². The van der Waals surface area contributed by atoms with Crippen LogP contribution in [0.15, 0.2) is 55.1 Å². The highest BCUT2D eigenvalue weighted by Gasteiger charge is 2.27. The van der Waals surface area contributed by atoms with Crippen LogP contribution in [0.4, 0.5) is 16.2 Å². The van der Waals surface area contributed by atoms with Crippen molar-refractivity contribution in [3.63, 3.8) is 0 Å². The van der Waals surface area contributed by atoms with Crippen LogP contribution in [0.3, 0.4) is 0 Å². The first-order valence-electron chi connectivity index (χ1n) is 12.7. The van der Waals surface area contributed by atoms with Gasteiger partial charge < -0.3 is 25.7 Å². The van der Waals surface area contributed by atoms with E-state index in [4.69, 9.17) is 10.5 Å². The lowest BCUT2D eigenvalue weighted by Gasteiger charge is -2.30. The van der Waals surface area contributed by atoms with Crippen LogP contribution < -0.4 is 21.1 Å². The number of carbonyl (C=O) groups is 1. The Labute approximate surface area is 209 Å². The zero-order valence-electron chi connectivity index (χ0n) is 20.2. The van der Waals surface area contributed by atoms with Gasteiger partial charge in [-0.3, -0.25) is 0 Å². The van der Waals surface area contributed by atoms with Gasteiger partial charge >= 0.3 is 6.03 Å². The number of ether oxygens (including phenoxy) is 1. The second kappa shape index (κ2) is 9.56. The molecule has 36 heavy (non-hydrogen) atoms. The number of fused-ring (bicyclic) bond motifs is 1. The monoisotopic (exact) mass is 485 g/mol. The first kappa shape index (κ1) is 22.5. The van der Waals surface area contributed by atoms with Crippen molar-refractivity contribution in [3.8, 4) is 17.0 Å². The lowest BCUT2D eigenvalue weighted by molar-refractivity contribution is 0.240. The molecule has 4 aromatic rings. The minimum Gasteiger partial charge on any atom is -0.492 e. The predicted molar refractivity (Wildman–Crippen MR) is 140 cm³/mol. The highest BCUT2D eigenvalue weighted by atomic mass is 16.5. The van der Waals surface area contributed by atoms with Crippen LogP contribution in [0.1, 0.15) is 44.6 Å². The third-order valence-corrected chi connectivity index (χ3v) is 7.37. The highest BCUT2D eigenvalue weighted by molar-refractivity contribution is 6.02. The Morgan fingerprint density at radius 1 is 1.08 bits per heavy atom. The fourth-order valence-corrected chi connectivity index (χ4v) is 4.95. The van der Waals surface area contributed by atoms with E-state index in [1.54, 1.807) is 11.0 Å². The normalized spacial score (nSPS) is 15.9. The van der Waals surface area contributed by atoms with Crippen molar-refractivity contribution in [2.24, 2.45) is 0 Å². The van der Waals surface area contributed by atoms with Crippen LogP contribution >= 0.6 is 0 Å². The van der Waals surface area contributed by atoms with Crippen LogP contribution in [-0.2, 0) is 6.54 Å². The van der Waals surface area contributed by atoms with E-state index in [0.29, 0.717) is 25.2 Å². The maximum Gasteiger partial charge on any atom is 0.319 e. The van der Waals surface area contributed by atoms with Gasteiger partial charge in [0.2, 0.25) is 0 Å². The Kier molecular flexibility index (Phi) is 5.96. The molecule has 9 nitrogen and oxygen atoms in total. The van der Waals surface area contributed by atoms with Gasteiger partial charge in [-0.15, -0.1) is 0 Å². The first-order valence-corrected chi connectivity index (χ1v) is 12.7. The van der Waals surface area contributed by atoms with Gasteiger partial charge in [-0.2, -0.15) is 5.10 Å². The fraction of sp³-hybridized carbons (Fsp3) is 0.370. The molecule has 0 atom stereocenters. The number of hydrogen-bond acceptors (Lipinski definition) is 5. The number of aromatic nitrogens is 4.